The largest absolute Gasteiger partial charge is 0.453 e. The fraction of sp³-hybridized carbons (Fsp3) is 0.333. The maximum atomic E-state index is 12.2. The molecular weight excluding hydrogens is 404 g/mol. The number of aromatic nitrogens is 4. The predicted octanol–water partition coefficient (Wildman–Crippen LogP) is 4.67. The summed E-state index contributed by atoms with van der Waals surface area (Å²) >= 11 is 0. The van der Waals surface area contributed by atoms with E-state index in [-0.39, 0.29) is 11.5 Å². The van der Waals surface area contributed by atoms with Crippen molar-refractivity contribution in [3.63, 3.8) is 0 Å². The van der Waals surface area contributed by atoms with Crippen LogP contribution in [0.25, 0.3) is 39.7 Å². The molecule has 162 valence electrons. The van der Waals surface area contributed by atoms with E-state index >= 15 is 0 Å². The number of carbonyl (C=O) groups excluding carboxylic acids is 1. The van der Waals surface area contributed by atoms with Gasteiger partial charge in [0.25, 0.3) is 5.91 Å². The second kappa shape index (κ2) is 8.00. The van der Waals surface area contributed by atoms with Crippen LogP contribution in [0.4, 0.5) is 0 Å². The normalized spacial score (nSPS) is 15.3. The molecule has 4 heterocycles. The van der Waals surface area contributed by atoms with E-state index in [0.29, 0.717) is 17.6 Å². The van der Waals surface area contributed by atoms with Gasteiger partial charge in [-0.1, -0.05) is 19.3 Å². The topological polar surface area (TPSA) is 104 Å². The standard InChI is InChI=1S/C24H24N6O2/c1-29(2)24(31)15(13-25)12-17-8-9-20(32-17)23-28-19-14-27-22-18(10-11-26-22)21(19)30(23)16-6-4-3-5-7-16/h8-12,14,16H,3-7H2,1-2H3,(H,26,27). The first-order valence-corrected chi connectivity index (χ1v) is 10.8. The Balaban J connectivity index is 1.65. The van der Waals surface area contributed by atoms with E-state index < -0.39 is 0 Å². The average Bonchev–Trinajstić information content (AvgIpc) is 3.54. The molecule has 8 heteroatoms. The molecule has 0 aliphatic heterocycles. The molecule has 0 saturated heterocycles. The summed E-state index contributed by atoms with van der Waals surface area (Å²) in [5.74, 6) is 1.44. The van der Waals surface area contributed by atoms with Gasteiger partial charge in [0.1, 0.15) is 28.6 Å². The summed E-state index contributed by atoms with van der Waals surface area (Å²) in [6, 6.07) is 7.95. The third-order valence-corrected chi connectivity index (χ3v) is 6.06. The zero-order valence-corrected chi connectivity index (χ0v) is 18.1. The highest BCUT2D eigenvalue weighted by Crippen LogP contribution is 2.38. The van der Waals surface area contributed by atoms with Crippen LogP contribution in [-0.4, -0.2) is 44.4 Å². The Morgan fingerprint density at radius 1 is 1.28 bits per heavy atom. The van der Waals surface area contributed by atoms with Crippen molar-refractivity contribution in [1.82, 2.24) is 24.4 Å². The first kappa shape index (κ1) is 20.1. The molecular formula is C24H24N6O2. The summed E-state index contributed by atoms with van der Waals surface area (Å²) < 4.78 is 8.38. The number of nitrogens with zero attached hydrogens (tertiary/aromatic N) is 5. The van der Waals surface area contributed by atoms with Gasteiger partial charge in [0.05, 0.1) is 11.7 Å². The number of rotatable bonds is 4. The average molecular weight is 428 g/mol. The Hall–Kier alpha value is -3.86. The molecule has 0 atom stereocenters. The minimum absolute atomic E-state index is 0.0231. The van der Waals surface area contributed by atoms with Gasteiger partial charge >= 0.3 is 0 Å². The number of fused-ring (bicyclic) bond motifs is 3. The van der Waals surface area contributed by atoms with Gasteiger partial charge in [-0.3, -0.25) is 4.79 Å². The van der Waals surface area contributed by atoms with Crippen molar-refractivity contribution in [2.45, 2.75) is 38.1 Å². The van der Waals surface area contributed by atoms with Gasteiger partial charge in [-0.25, -0.2) is 9.97 Å². The number of nitriles is 1. The maximum absolute atomic E-state index is 12.2. The molecule has 5 rings (SSSR count). The number of hydrogen-bond donors (Lipinski definition) is 1. The number of pyridine rings is 1. The van der Waals surface area contributed by atoms with Crippen LogP contribution >= 0.6 is 0 Å². The van der Waals surface area contributed by atoms with Gasteiger partial charge in [-0.2, -0.15) is 5.26 Å². The second-order valence-corrected chi connectivity index (χ2v) is 8.40. The molecule has 1 saturated carbocycles. The second-order valence-electron chi connectivity index (χ2n) is 8.40. The van der Waals surface area contributed by atoms with Crippen molar-refractivity contribution in [2.24, 2.45) is 0 Å². The van der Waals surface area contributed by atoms with Gasteiger partial charge in [0, 0.05) is 37.8 Å². The SMILES string of the molecule is CN(C)C(=O)C(C#N)=Cc1ccc(-c2nc3cnc4[nH]ccc4c3n2C2CCCCC2)o1. The molecule has 1 aliphatic carbocycles. The molecule has 32 heavy (non-hydrogen) atoms. The summed E-state index contributed by atoms with van der Waals surface area (Å²) in [6.07, 6.45) is 11.0. The first-order chi connectivity index (χ1) is 15.6. The summed E-state index contributed by atoms with van der Waals surface area (Å²) in [7, 11) is 3.23. The number of aromatic amines is 1. The molecule has 1 aliphatic rings. The molecule has 1 N–H and O–H groups in total. The van der Waals surface area contributed by atoms with Crippen molar-refractivity contribution in [3.05, 3.63) is 41.9 Å². The van der Waals surface area contributed by atoms with Crippen LogP contribution in [0.15, 0.2) is 40.6 Å². The Bertz CT molecular complexity index is 1370. The number of nitrogens with one attached hydrogen (secondary N) is 1. The highest BCUT2D eigenvalue weighted by atomic mass is 16.3. The van der Waals surface area contributed by atoms with Crippen LogP contribution in [-0.2, 0) is 4.79 Å². The lowest BCUT2D eigenvalue weighted by molar-refractivity contribution is -0.124. The van der Waals surface area contributed by atoms with Gasteiger partial charge in [-0.05, 0) is 31.0 Å². The minimum atomic E-state index is -0.360. The van der Waals surface area contributed by atoms with Gasteiger partial charge in [-0.15, -0.1) is 0 Å². The lowest BCUT2D eigenvalue weighted by atomic mass is 9.95. The number of hydrogen-bond acceptors (Lipinski definition) is 5. The van der Waals surface area contributed by atoms with Crippen molar-refractivity contribution in [1.29, 1.82) is 5.26 Å². The Morgan fingerprint density at radius 3 is 2.84 bits per heavy atom. The van der Waals surface area contributed by atoms with E-state index in [0.717, 1.165) is 40.7 Å². The Labute approximate surface area is 185 Å². The van der Waals surface area contributed by atoms with Crippen LogP contribution in [0.1, 0.15) is 43.9 Å². The fourth-order valence-electron chi connectivity index (χ4n) is 4.54. The molecule has 0 spiro atoms. The summed E-state index contributed by atoms with van der Waals surface area (Å²) in [5, 5.41) is 10.4. The van der Waals surface area contributed by atoms with Crippen LogP contribution in [0, 0.1) is 11.3 Å². The number of likely N-dealkylation sites (N-methyl/N-ethyl adjacent to an activating group) is 1. The van der Waals surface area contributed by atoms with E-state index in [9.17, 15) is 10.1 Å². The number of furan rings is 1. The summed E-state index contributed by atoms with van der Waals surface area (Å²) in [5.41, 5.74) is 2.75. The van der Waals surface area contributed by atoms with E-state index in [1.54, 1.807) is 26.4 Å². The monoisotopic (exact) mass is 428 g/mol. The Morgan fingerprint density at radius 2 is 2.09 bits per heavy atom. The van der Waals surface area contributed by atoms with Crippen molar-refractivity contribution in [3.8, 4) is 17.7 Å². The van der Waals surface area contributed by atoms with E-state index in [2.05, 4.69) is 14.5 Å². The summed E-state index contributed by atoms with van der Waals surface area (Å²) in [6.45, 7) is 0. The van der Waals surface area contributed by atoms with Crippen LogP contribution in [0.5, 0.6) is 0 Å². The molecule has 0 aromatic carbocycles. The van der Waals surface area contributed by atoms with Crippen LogP contribution in [0.3, 0.4) is 0 Å². The number of H-pyrrole nitrogens is 1. The smallest absolute Gasteiger partial charge is 0.264 e. The maximum Gasteiger partial charge on any atom is 0.264 e. The molecule has 1 fully saturated rings. The van der Waals surface area contributed by atoms with Gasteiger partial charge in [0.15, 0.2) is 11.6 Å². The molecule has 0 radical (unpaired) electrons. The van der Waals surface area contributed by atoms with Crippen molar-refractivity contribution >= 4 is 34.1 Å². The minimum Gasteiger partial charge on any atom is -0.453 e. The number of carbonyl (C=O) groups is 1. The predicted molar refractivity (Wildman–Crippen MR) is 121 cm³/mol. The van der Waals surface area contributed by atoms with Gasteiger partial charge < -0.3 is 18.9 Å². The zero-order valence-electron chi connectivity index (χ0n) is 18.1. The van der Waals surface area contributed by atoms with E-state index in [4.69, 9.17) is 9.40 Å². The third kappa shape index (κ3) is 3.36. The highest BCUT2D eigenvalue weighted by molar-refractivity contribution is 6.02. The lowest BCUT2D eigenvalue weighted by Crippen LogP contribution is -2.22. The number of amides is 1. The van der Waals surface area contributed by atoms with Crippen LogP contribution < -0.4 is 0 Å². The number of imidazole rings is 1. The first-order valence-electron chi connectivity index (χ1n) is 10.8. The quantitative estimate of drug-likeness (QED) is 0.376. The molecule has 0 unspecified atom stereocenters. The third-order valence-electron chi connectivity index (χ3n) is 6.06. The molecule has 4 aromatic rings. The van der Waals surface area contributed by atoms with Crippen molar-refractivity contribution < 1.29 is 9.21 Å². The fourth-order valence-corrected chi connectivity index (χ4v) is 4.54. The van der Waals surface area contributed by atoms with Crippen molar-refractivity contribution in [2.75, 3.05) is 14.1 Å². The molecule has 8 nitrogen and oxygen atoms in total. The van der Waals surface area contributed by atoms with Crippen LogP contribution in [0.2, 0.25) is 0 Å². The zero-order chi connectivity index (χ0) is 22.2. The molecule has 1 amide bonds. The van der Waals surface area contributed by atoms with E-state index in [1.807, 2.05) is 24.4 Å². The highest BCUT2D eigenvalue weighted by Gasteiger charge is 2.25. The Kier molecular flexibility index (Phi) is 5.02. The van der Waals surface area contributed by atoms with E-state index in [1.165, 1.54) is 30.2 Å². The summed E-state index contributed by atoms with van der Waals surface area (Å²) in [4.78, 5) is 26.2. The molecule has 4 aromatic heterocycles. The lowest BCUT2D eigenvalue weighted by Gasteiger charge is -2.25. The van der Waals surface area contributed by atoms with Gasteiger partial charge in [0.2, 0.25) is 0 Å². The molecule has 0 bridgehead atoms.